The van der Waals surface area contributed by atoms with Crippen molar-refractivity contribution < 1.29 is 13.2 Å². The highest BCUT2D eigenvalue weighted by Crippen LogP contribution is 2.32. The first-order chi connectivity index (χ1) is 13.3. The molecule has 1 aromatic carbocycles. The maximum atomic E-state index is 12.9. The predicted molar refractivity (Wildman–Crippen MR) is 107 cm³/mol. The molecule has 0 atom stereocenters. The second-order valence-electron chi connectivity index (χ2n) is 6.96. The fraction of sp³-hybridized carbons (Fsp3) is 0.450. The van der Waals surface area contributed by atoms with E-state index in [0.717, 1.165) is 62.9 Å². The van der Waals surface area contributed by atoms with Gasteiger partial charge in [0.25, 0.3) is 0 Å². The first-order valence-electron chi connectivity index (χ1n) is 9.23. The lowest BCUT2D eigenvalue weighted by Crippen LogP contribution is -2.29. The van der Waals surface area contributed by atoms with Gasteiger partial charge in [0.05, 0.1) is 5.56 Å². The average molecular weight is 432 g/mol. The van der Waals surface area contributed by atoms with Gasteiger partial charge in [-0.05, 0) is 56.0 Å². The average Bonchev–Trinajstić information content (AvgIpc) is 2.91. The normalized spacial score (nSPS) is 15.7. The van der Waals surface area contributed by atoms with Crippen LogP contribution in [0, 0.1) is 6.92 Å². The molecular formula is C20H22Cl2F3N3. The molecule has 0 spiro atoms. The molecule has 0 saturated heterocycles. The Labute approximate surface area is 172 Å². The second kappa shape index (κ2) is 8.89. The van der Waals surface area contributed by atoms with Crippen molar-refractivity contribution in [3.63, 3.8) is 0 Å². The number of benzene rings is 1. The largest absolute Gasteiger partial charge is 0.416 e. The number of hydrogen-bond donors (Lipinski definition) is 0. The van der Waals surface area contributed by atoms with E-state index in [4.69, 9.17) is 23.2 Å². The zero-order chi connectivity index (χ0) is 20.3. The van der Waals surface area contributed by atoms with E-state index in [-0.39, 0.29) is 0 Å². The summed E-state index contributed by atoms with van der Waals surface area (Å²) in [6.45, 7) is 5.18. The van der Waals surface area contributed by atoms with Gasteiger partial charge >= 0.3 is 6.18 Å². The van der Waals surface area contributed by atoms with Gasteiger partial charge in [0.15, 0.2) is 5.15 Å². The molecule has 0 unspecified atom stereocenters. The third kappa shape index (κ3) is 5.10. The molecule has 1 aromatic heterocycles. The van der Waals surface area contributed by atoms with Crippen LogP contribution in [0.3, 0.4) is 0 Å². The quantitative estimate of drug-likeness (QED) is 0.516. The van der Waals surface area contributed by atoms with Gasteiger partial charge in [0.2, 0.25) is 0 Å². The lowest BCUT2D eigenvalue weighted by atomic mass is 9.97. The molecule has 0 aliphatic carbocycles. The van der Waals surface area contributed by atoms with E-state index in [1.807, 2.05) is 17.6 Å². The smallest absolute Gasteiger partial charge is 0.318 e. The molecule has 0 radical (unpaired) electrons. The summed E-state index contributed by atoms with van der Waals surface area (Å²) >= 11 is 12.1. The number of alkyl halides is 3. The van der Waals surface area contributed by atoms with Crippen molar-refractivity contribution in [3.8, 4) is 0 Å². The number of rotatable bonds is 6. The molecule has 0 amide bonds. The lowest BCUT2D eigenvalue weighted by Gasteiger charge is -2.26. The van der Waals surface area contributed by atoms with Crippen LogP contribution in [0.2, 0.25) is 10.3 Å². The molecule has 1 aliphatic heterocycles. The summed E-state index contributed by atoms with van der Waals surface area (Å²) < 4.78 is 40.6. The van der Waals surface area contributed by atoms with E-state index in [1.165, 1.54) is 12.1 Å². The monoisotopic (exact) mass is 431 g/mol. The maximum absolute atomic E-state index is 12.9. The van der Waals surface area contributed by atoms with Crippen LogP contribution in [0.1, 0.15) is 36.2 Å². The van der Waals surface area contributed by atoms with Crippen LogP contribution in [-0.2, 0) is 12.7 Å². The Bertz CT molecular complexity index is 859. The molecule has 0 fully saturated rings. The summed E-state index contributed by atoms with van der Waals surface area (Å²) in [5, 5.41) is 0.813. The second-order valence-corrected chi connectivity index (χ2v) is 7.67. The Hall–Kier alpha value is -1.50. The van der Waals surface area contributed by atoms with E-state index >= 15 is 0 Å². The van der Waals surface area contributed by atoms with Crippen LogP contribution in [-0.4, -0.2) is 34.1 Å². The summed E-state index contributed by atoms with van der Waals surface area (Å²) in [5.74, 6) is 0.807. The minimum Gasteiger partial charge on any atom is -0.318 e. The first-order valence-corrected chi connectivity index (χ1v) is 9.98. The summed E-state index contributed by atoms with van der Waals surface area (Å²) in [6, 6.07) is 5.57. The van der Waals surface area contributed by atoms with Gasteiger partial charge in [-0.15, -0.1) is 0 Å². The summed E-state index contributed by atoms with van der Waals surface area (Å²) in [6.07, 6.45) is 0.434. The van der Waals surface area contributed by atoms with Gasteiger partial charge in [-0.1, -0.05) is 41.4 Å². The highest BCUT2D eigenvalue weighted by molar-refractivity contribution is 6.40. The molecular weight excluding hydrogens is 410 g/mol. The molecule has 3 nitrogen and oxygen atoms in total. The third-order valence-electron chi connectivity index (χ3n) is 5.02. The molecule has 0 saturated carbocycles. The molecule has 0 N–H and O–H groups in total. The Kier molecular flexibility index (Phi) is 6.73. The molecule has 1 aliphatic rings. The number of imidazole rings is 1. The topological polar surface area (TPSA) is 21.1 Å². The Morgan fingerprint density at radius 1 is 1.14 bits per heavy atom. The molecule has 2 aromatic rings. The van der Waals surface area contributed by atoms with Gasteiger partial charge in [0, 0.05) is 19.6 Å². The van der Waals surface area contributed by atoms with Gasteiger partial charge in [-0.3, -0.25) is 4.90 Å². The van der Waals surface area contributed by atoms with Crippen molar-refractivity contribution in [1.29, 1.82) is 0 Å². The molecule has 152 valence electrons. The van der Waals surface area contributed by atoms with Crippen LogP contribution < -0.4 is 0 Å². The van der Waals surface area contributed by atoms with Crippen LogP contribution in [0.25, 0.3) is 5.57 Å². The van der Waals surface area contributed by atoms with Crippen LogP contribution >= 0.6 is 23.2 Å². The zero-order valence-electron chi connectivity index (χ0n) is 15.6. The lowest BCUT2D eigenvalue weighted by molar-refractivity contribution is -0.137. The molecule has 3 rings (SSSR count). The van der Waals surface area contributed by atoms with Crippen molar-refractivity contribution in [1.82, 2.24) is 14.5 Å². The van der Waals surface area contributed by atoms with E-state index in [1.54, 1.807) is 6.07 Å². The Morgan fingerprint density at radius 3 is 2.50 bits per heavy atom. The van der Waals surface area contributed by atoms with Crippen molar-refractivity contribution in [2.24, 2.45) is 0 Å². The number of nitrogens with zero attached hydrogens (tertiary/aromatic N) is 3. The molecule has 28 heavy (non-hydrogen) atoms. The highest BCUT2D eigenvalue weighted by Gasteiger charge is 2.30. The van der Waals surface area contributed by atoms with Crippen LogP contribution in [0.5, 0.6) is 0 Å². The van der Waals surface area contributed by atoms with Crippen molar-refractivity contribution in [2.75, 3.05) is 19.6 Å². The van der Waals surface area contributed by atoms with Gasteiger partial charge in [-0.25, -0.2) is 4.98 Å². The van der Waals surface area contributed by atoms with E-state index < -0.39 is 11.7 Å². The summed E-state index contributed by atoms with van der Waals surface area (Å²) in [4.78, 5) is 6.46. The van der Waals surface area contributed by atoms with Gasteiger partial charge < -0.3 is 4.57 Å². The Morgan fingerprint density at radius 2 is 1.89 bits per heavy atom. The number of aromatic nitrogens is 2. The summed E-state index contributed by atoms with van der Waals surface area (Å²) in [5.41, 5.74) is 1.05. The molecule has 0 bridgehead atoms. The molecule has 2 heterocycles. The zero-order valence-corrected chi connectivity index (χ0v) is 17.1. The number of unbranched alkanes of at least 4 members (excludes halogenated alkanes) is 1. The molecule has 8 heteroatoms. The minimum atomic E-state index is -4.31. The maximum Gasteiger partial charge on any atom is 0.416 e. The number of aryl methyl sites for hydroxylation is 1. The Balaban J connectivity index is 1.49. The standard InChI is InChI=1S/C20H22Cl2F3N3/c1-14-26-18(21)19(22)28(14)10-3-2-9-27-11-7-15(8-12-27)16-5-4-6-17(13-16)20(23,24)25/h4-7,13H,2-3,8-12H2,1H3. The number of hydrogen-bond acceptors (Lipinski definition) is 2. The van der Waals surface area contributed by atoms with Crippen LogP contribution in [0.15, 0.2) is 30.3 Å². The van der Waals surface area contributed by atoms with E-state index in [0.29, 0.717) is 15.9 Å². The fourth-order valence-corrected chi connectivity index (χ4v) is 3.91. The minimum absolute atomic E-state index is 0.336. The van der Waals surface area contributed by atoms with E-state index in [9.17, 15) is 13.2 Å². The predicted octanol–water partition coefficient (Wildman–Crippen LogP) is 6.09. The number of halogens is 5. The SMILES string of the molecule is Cc1nc(Cl)c(Cl)n1CCCCN1CC=C(c2cccc(C(F)(F)F)c2)CC1. The van der Waals surface area contributed by atoms with Gasteiger partial charge in [-0.2, -0.15) is 13.2 Å². The van der Waals surface area contributed by atoms with Crippen molar-refractivity contribution >= 4 is 28.8 Å². The van der Waals surface area contributed by atoms with Gasteiger partial charge in [0.1, 0.15) is 11.0 Å². The van der Waals surface area contributed by atoms with Crippen molar-refractivity contribution in [2.45, 2.75) is 38.9 Å². The van der Waals surface area contributed by atoms with Crippen molar-refractivity contribution in [3.05, 3.63) is 57.6 Å². The van der Waals surface area contributed by atoms with Crippen LogP contribution in [0.4, 0.5) is 13.2 Å². The fourth-order valence-electron chi connectivity index (χ4n) is 3.44. The highest BCUT2D eigenvalue weighted by atomic mass is 35.5. The third-order valence-corrected chi connectivity index (χ3v) is 5.76. The first kappa shape index (κ1) is 21.2. The van der Waals surface area contributed by atoms with E-state index in [2.05, 4.69) is 9.88 Å². The summed E-state index contributed by atoms with van der Waals surface area (Å²) in [7, 11) is 0.